The topological polar surface area (TPSA) is 97.0 Å². The van der Waals surface area contributed by atoms with E-state index in [1.165, 1.54) is 0 Å². The van der Waals surface area contributed by atoms with E-state index in [0.29, 0.717) is 26.0 Å². The second kappa shape index (κ2) is 8.60. The van der Waals surface area contributed by atoms with Crippen LogP contribution in [-0.2, 0) is 20.7 Å². The maximum atomic E-state index is 12.8. The van der Waals surface area contributed by atoms with Gasteiger partial charge in [0, 0.05) is 13.2 Å². The first-order chi connectivity index (χ1) is 13.4. The van der Waals surface area contributed by atoms with Gasteiger partial charge in [-0.05, 0) is 50.3 Å². The van der Waals surface area contributed by atoms with Crippen molar-refractivity contribution >= 4 is 17.8 Å². The van der Waals surface area contributed by atoms with Gasteiger partial charge in [0.25, 0.3) is 5.91 Å². The second-order valence-corrected chi connectivity index (χ2v) is 7.44. The predicted octanol–water partition coefficient (Wildman–Crippen LogP) is 1.23. The van der Waals surface area contributed by atoms with Crippen LogP contribution in [0.4, 0.5) is 4.79 Å². The van der Waals surface area contributed by atoms with Gasteiger partial charge < -0.3 is 20.1 Å². The van der Waals surface area contributed by atoms with Crippen molar-refractivity contribution in [1.82, 2.24) is 15.5 Å². The minimum atomic E-state index is -1.02. The van der Waals surface area contributed by atoms with Gasteiger partial charge in [0.1, 0.15) is 17.8 Å². The fraction of sp³-hybridized carbons (Fsp3) is 0.550. The third kappa shape index (κ3) is 4.62. The summed E-state index contributed by atoms with van der Waals surface area (Å²) < 4.78 is 10.6. The number of urea groups is 1. The SMILES string of the molecule is COc1ccc(CC[C@]2(C)NC(=O)N(CC(=O)NC[C@H]3CCCO3)C2=O)cc1. The molecule has 0 spiro atoms. The molecule has 0 saturated carbocycles. The first-order valence-electron chi connectivity index (χ1n) is 9.56. The summed E-state index contributed by atoms with van der Waals surface area (Å²) in [5.41, 5.74) is 0.0168. The van der Waals surface area contributed by atoms with Crippen molar-refractivity contribution in [2.45, 2.75) is 44.2 Å². The Morgan fingerprint density at radius 3 is 2.75 bits per heavy atom. The van der Waals surface area contributed by atoms with Crippen LogP contribution in [0.1, 0.15) is 31.7 Å². The summed E-state index contributed by atoms with van der Waals surface area (Å²) in [5, 5.41) is 5.47. The molecule has 0 aromatic heterocycles. The number of hydrogen-bond donors (Lipinski definition) is 2. The molecule has 0 unspecified atom stereocenters. The number of methoxy groups -OCH3 is 1. The molecule has 8 nitrogen and oxygen atoms in total. The number of benzene rings is 1. The number of rotatable bonds is 8. The number of amides is 4. The van der Waals surface area contributed by atoms with Gasteiger partial charge >= 0.3 is 6.03 Å². The van der Waals surface area contributed by atoms with Gasteiger partial charge in [-0.25, -0.2) is 4.79 Å². The van der Waals surface area contributed by atoms with Crippen molar-refractivity contribution in [3.63, 3.8) is 0 Å². The van der Waals surface area contributed by atoms with Crippen LogP contribution in [0.15, 0.2) is 24.3 Å². The molecule has 2 heterocycles. The average Bonchev–Trinajstić information content (AvgIpc) is 3.28. The maximum Gasteiger partial charge on any atom is 0.325 e. The first kappa shape index (κ1) is 20.1. The van der Waals surface area contributed by atoms with Gasteiger partial charge in [-0.2, -0.15) is 0 Å². The Morgan fingerprint density at radius 1 is 1.36 bits per heavy atom. The maximum absolute atomic E-state index is 12.8. The zero-order valence-electron chi connectivity index (χ0n) is 16.3. The number of carbonyl (C=O) groups excluding carboxylic acids is 3. The molecule has 0 radical (unpaired) electrons. The zero-order chi connectivity index (χ0) is 20.1. The highest BCUT2D eigenvalue weighted by atomic mass is 16.5. The molecule has 2 aliphatic rings. The van der Waals surface area contributed by atoms with Crippen molar-refractivity contribution in [3.05, 3.63) is 29.8 Å². The smallest absolute Gasteiger partial charge is 0.325 e. The fourth-order valence-electron chi connectivity index (χ4n) is 3.48. The number of nitrogens with zero attached hydrogens (tertiary/aromatic N) is 1. The monoisotopic (exact) mass is 389 g/mol. The summed E-state index contributed by atoms with van der Waals surface area (Å²) in [5.74, 6) is 0.0251. The summed E-state index contributed by atoms with van der Waals surface area (Å²) in [7, 11) is 1.61. The molecule has 2 fully saturated rings. The van der Waals surface area contributed by atoms with E-state index in [9.17, 15) is 14.4 Å². The standard InChI is InChI=1S/C20H27N3O5/c1-20(10-9-14-5-7-15(27-2)8-6-14)18(25)23(19(26)22-20)13-17(24)21-12-16-4-3-11-28-16/h5-8,16H,3-4,9-13H2,1-2H3,(H,21,24)(H,22,26)/t16-,20+/m1/s1. The molecule has 2 aliphatic heterocycles. The van der Waals surface area contributed by atoms with Gasteiger partial charge in [0.15, 0.2) is 0 Å². The molecule has 3 rings (SSSR count). The molecule has 2 saturated heterocycles. The van der Waals surface area contributed by atoms with Gasteiger partial charge in [-0.1, -0.05) is 12.1 Å². The molecular formula is C20H27N3O5. The summed E-state index contributed by atoms with van der Waals surface area (Å²) in [6.07, 6.45) is 2.97. The largest absolute Gasteiger partial charge is 0.497 e. The van der Waals surface area contributed by atoms with Crippen LogP contribution >= 0.6 is 0 Å². The third-order valence-corrected chi connectivity index (χ3v) is 5.27. The minimum Gasteiger partial charge on any atom is -0.497 e. The minimum absolute atomic E-state index is 0.0156. The Balaban J connectivity index is 1.52. The van der Waals surface area contributed by atoms with Crippen molar-refractivity contribution in [2.24, 2.45) is 0 Å². The van der Waals surface area contributed by atoms with Gasteiger partial charge in [-0.3, -0.25) is 14.5 Å². The lowest BCUT2D eigenvalue weighted by Gasteiger charge is -2.21. The lowest BCUT2D eigenvalue weighted by Crippen LogP contribution is -2.46. The number of nitrogens with one attached hydrogen (secondary N) is 2. The van der Waals surface area contributed by atoms with E-state index < -0.39 is 11.6 Å². The van der Waals surface area contributed by atoms with E-state index in [0.717, 1.165) is 29.1 Å². The van der Waals surface area contributed by atoms with E-state index in [1.54, 1.807) is 14.0 Å². The summed E-state index contributed by atoms with van der Waals surface area (Å²) in [6.45, 7) is 2.52. The Bertz CT molecular complexity index is 730. The van der Waals surface area contributed by atoms with Crippen molar-refractivity contribution in [3.8, 4) is 5.75 Å². The van der Waals surface area contributed by atoms with Gasteiger partial charge in [0.05, 0.1) is 13.2 Å². The molecule has 1 aromatic rings. The highest BCUT2D eigenvalue weighted by Crippen LogP contribution is 2.24. The Labute approximate surface area is 164 Å². The van der Waals surface area contributed by atoms with Crippen molar-refractivity contribution in [2.75, 3.05) is 26.8 Å². The first-order valence-corrected chi connectivity index (χ1v) is 9.56. The number of hydrogen-bond acceptors (Lipinski definition) is 5. The molecule has 2 atom stereocenters. The molecule has 0 bridgehead atoms. The van der Waals surface area contributed by atoms with Crippen LogP contribution in [0.5, 0.6) is 5.75 Å². The molecular weight excluding hydrogens is 362 g/mol. The number of carbonyl (C=O) groups is 3. The number of aryl methyl sites for hydroxylation is 1. The zero-order valence-corrected chi connectivity index (χ0v) is 16.3. The van der Waals surface area contributed by atoms with Crippen LogP contribution in [-0.4, -0.2) is 61.2 Å². The second-order valence-electron chi connectivity index (χ2n) is 7.44. The molecule has 1 aromatic carbocycles. The highest BCUT2D eigenvalue weighted by Gasteiger charge is 2.47. The van der Waals surface area contributed by atoms with Crippen LogP contribution in [0, 0.1) is 0 Å². The third-order valence-electron chi connectivity index (χ3n) is 5.27. The Morgan fingerprint density at radius 2 is 2.11 bits per heavy atom. The summed E-state index contributed by atoms with van der Waals surface area (Å²) in [4.78, 5) is 38.2. The molecule has 4 amide bonds. The van der Waals surface area contributed by atoms with Gasteiger partial charge in [0.2, 0.25) is 5.91 Å². The van der Waals surface area contributed by atoms with Crippen LogP contribution < -0.4 is 15.4 Å². The van der Waals surface area contributed by atoms with E-state index in [1.807, 2.05) is 24.3 Å². The van der Waals surface area contributed by atoms with Crippen LogP contribution in [0.3, 0.4) is 0 Å². The van der Waals surface area contributed by atoms with Crippen molar-refractivity contribution < 1.29 is 23.9 Å². The summed E-state index contributed by atoms with van der Waals surface area (Å²) >= 11 is 0. The predicted molar refractivity (Wildman–Crippen MR) is 102 cm³/mol. The molecule has 2 N–H and O–H groups in total. The van der Waals surface area contributed by atoms with Crippen molar-refractivity contribution in [1.29, 1.82) is 0 Å². The molecule has 28 heavy (non-hydrogen) atoms. The lowest BCUT2D eigenvalue weighted by molar-refractivity contribution is -0.134. The molecule has 0 aliphatic carbocycles. The average molecular weight is 389 g/mol. The Kier molecular flexibility index (Phi) is 6.18. The quantitative estimate of drug-likeness (QED) is 0.652. The number of imide groups is 1. The fourth-order valence-corrected chi connectivity index (χ4v) is 3.48. The molecule has 152 valence electrons. The van der Waals surface area contributed by atoms with E-state index in [-0.39, 0.29) is 24.5 Å². The highest BCUT2D eigenvalue weighted by molar-refractivity contribution is 6.08. The summed E-state index contributed by atoms with van der Waals surface area (Å²) in [6, 6.07) is 7.04. The van der Waals surface area contributed by atoms with Crippen LogP contribution in [0.25, 0.3) is 0 Å². The Hall–Kier alpha value is -2.61. The van der Waals surface area contributed by atoms with Crippen LogP contribution in [0.2, 0.25) is 0 Å². The normalized spacial score (nSPS) is 24.4. The van der Waals surface area contributed by atoms with E-state index in [4.69, 9.17) is 9.47 Å². The number of ether oxygens (including phenoxy) is 2. The van der Waals surface area contributed by atoms with Gasteiger partial charge in [-0.15, -0.1) is 0 Å². The van der Waals surface area contributed by atoms with E-state index >= 15 is 0 Å². The molecule has 8 heteroatoms. The van der Waals surface area contributed by atoms with E-state index in [2.05, 4.69) is 10.6 Å². The lowest BCUT2D eigenvalue weighted by atomic mass is 9.93.